The average Bonchev–Trinajstić information content (AvgIpc) is 2.35. The van der Waals surface area contributed by atoms with Gasteiger partial charge < -0.3 is 16.5 Å². The van der Waals surface area contributed by atoms with Crippen molar-refractivity contribution >= 4 is 23.2 Å². The number of carbonyl (C=O) groups is 2. The lowest BCUT2D eigenvalue weighted by atomic mass is 9.99. The molecule has 0 atom stereocenters. The third-order valence-electron chi connectivity index (χ3n) is 2.70. The number of amides is 2. The molecule has 21 heavy (non-hydrogen) atoms. The van der Waals surface area contributed by atoms with E-state index in [0.717, 1.165) is 0 Å². The van der Waals surface area contributed by atoms with Gasteiger partial charge in [0.2, 0.25) is 5.91 Å². The molecular weight excluding hydrogens is 278 g/mol. The summed E-state index contributed by atoms with van der Waals surface area (Å²) in [5, 5.41) is 13.5. The van der Waals surface area contributed by atoms with E-state index >= 15 is 0 Å². The molecule has 9 nitrogen and oxygen atoms in total. The molecule has 6 N–H and O–H groups in total. The molecule has 0 bridgehead atoms. The number of nitrogens with one attached hydrogen (secondary N) is 2. The molecule has 114 valence electrons. The summed E-state index contributed by atoms with van der Waals surface area (Å²) in [6.45, 7) is 3.23. The van der Waals surface area contributed by atoms with Crippen molar-refractivity contribution in [3.63, 3.8) is 0 Å². The van der Waals surface area contributed by atoms with E-state index in [-0.39, 0.29) is 23.4 Å². The maximum atomic E-state index is 12.2. The Morgan fingerprint density at radius 3 is 2.48 bits per heavy atom. The smallest absolute Gasteiger partial charge is 0.294 e. The van der Waals surface area contributed by atoms with E-state index in [2.05, 4.69) is 10.7 Å². The van der Waals surface area contributed by atoms with E-state index < -0.39 is 22.3 Å². The van der Waals surface area contributed by atoms with Gasteiger partial charge in [-0.3, -0.25) is 25.5 Å². The Morgan fingerprint density at radius 2 is 2.00 bits per heavy atom. The van der Waals surface area contributed by atoms with Gasteiger partial charge in [-0.15, -0.1) is 0 Å². The van der Waals surface area contributed by atoms with Gasteiger partial charge in [0.05, 0.1) is 10.5 Å². The number of primary amides is 1. The first-order valence-corrected chi connectivity index (χ1v) is 6.03. The summed E-state index contributed by atoms with van der Waals surface area (Å²) in [5.41, 5.74) is 5.95. The van der Waals surface area contributed by atoms with Crippen molar-refractivity contribution in [2.45, 2.75) is 25.8 Å². The molecule has 9 heteroatoms. The molecule has 0 saturated carbocycles. The number of benzene rings is 1. The molecule has 0 fully saturated rings. The second kappa shape index (κ2) is 6.18. The maximum Gasteiger partial charge on any atom is 0.294 e. The number of rotatable bonds is 6. The maximum absolute atomic E-state index is 12.2. The number of nitro groups is 1. The van der Waals surface area contributed by atoms with Crippen molar-refractivity contribution in [2.75, 3.05) is 5.43 Å². The number of nitro benzene ring substituents is 1. The van der Waals surface area contributed by atoms with Crippen LogP contribution in [0.1, 0.15) is 30.6 Å². The van der Waals surface area contributed by atoms with Gasteiger partial charge in [0.15, 0.2) is 0 Å². The predicted octanol–water partition coefficient (Wildman–Crippen LogP) is 0.264. The summed E-state index contributed by atoms with van der Waals surface area (Å²) in [6.07, 6.45) is -0.0704. The van der Waals surface area contributed by atoms with Crippen LogP contribution in [0, 0.1) is 10.1 Å². The van der Waals surface area contributed by atoms with Crippen molar-refractivity contribution in [3.8, 4) is 0 Å². The molecule has 0 aliphatic heterocycles. The molecule has 1 rings (SSSR count). The first-order valence-electron chi connectivity index (χ1n) is 6.03. The highest BCUT2D eigenvalue weighted by Crippen LogP contribution is 2.27. The minimum atomic E-state index is -0.889. The Labute approximate surface area is 120 Å². The first kappa shape index (κ1) is 16.4. The van der Waals surface area contributed by atoms with Gasteiger partial charge in [-0.05, 0) is 19.9 Å². The van der Waals surface area contributed by atoms with Crippen LogP contribution in [0.5, 0.6) is 0 Å². The number of para-hydroxylation sites is 1. The van der Waals surface area contributed by atoms with Crippen LogP contribution in [-0.4, -0.2) is 22.3 Å². The van der Waals surface area contributed by atoms with Crippen LogP contribution in [0.25, 0.3) is 0 Å². The number of hydrogen-bond donors (Lipinski definition) is 4. The standard InChI is InChI=1S/C12H17N5O4/c1-12(2,6-9(13)18)15-11(19)7-4-3-5-8(17(20)21)10(7)16-14/h3-5,16H,6,14H2,1-2H3,(H2,13,18)(H,15,19). The second-order valence-electron chi connectivity index (χ2n) is 5.08. The number of nitrogens with two attached hydrogens (primary N) is 2. The average molecular weight is 295 g/mol. The number of anilines is 1. The predicted molar refractivity (Wildman–Crippen MR) is 76.3 cm³/mol. The molecule has 0 aromatic heterocycles. The highest BCUT2D eigenvalue weighted by molar-refractivity contribution is 6.02. The molecule has 0 radical (unpaired) electrons. The fourth-order valence-corrected chi connectivity index (χ4v) is 1.89. The molecule has 0 spiro atoms. The Hall–Kier alpha value is -2.68. The normalized spacial score (nSPS) is 10.8. The zero-order chi connectivity index (χ0) is 16.2. The van der Waals surface area contributed by atoms with Crippen LogP contribution in [-0.2, 0) is 4.79 Å². The molecule has 2 amide bonds. The molecule has 0 saturated heterocycles. The summed E-state index contributed by atoms with van der Waals surface area (Å²) in [4.78, 5) is 33.4. The minimum absolute atomic E-state index is 0.00393. The summed E-state index contributed by atoms with van der Waals surface area (Å²) in [7, 11) is 0. The van der Waals surface area contributed by atoms with Crippen molar-refractivity contribution in [1.29, 1.82) is 0 Å². The fourth-order valence-electron chi connectivity index (χ4n) is 1.89. The highest BCUT2D eigenvalue weighted by atomic mass is 16.6. The molecule has 0 unspecified atom stereocenters. The van der Waals surface area contributed by atoms with Crippen molar-refractivity contribution < 1.29 is 14.5 Å². The van der Waals surface area contributed by atoms with Gasteiger partial charge in [0.25, 0.3) is 11.6 Å². The second-order valence-corrected chi connectivity index (χ2v) is 5.08. The van der Waals surface area contributed by atoms with Crippen molar-refractivity contribution in [3.05, 3.63) is 33.9 Å². The van der Waals surface area contributed by atoms with Crippen LogP contribution in [0.2, 0.25) is 0 Å². The molecule has 0 aliphatic carbocycles. The number of nitrogens with zero attached hydrogens (tertiary/aromatic N) is 1. The lowest BCUT2D eigenvalue weighted by Gasteiger charge is -2.25. The molecule has 0 aliphatic rings. The van der Waals surface area contributed by atoms with E-state index in [1.165, 1.54) is 18.2 Å². The molecular formula is C12H17N5O4. The van der Waals surface area contributed by atoms with Crippen molar-refractivity contribution in [2.24, 2.45) is 11.6 Å². The van der Waals surface area contributed by atoms with Gasteiger partial charge in [-0.2, -0.15) is 0 Å². The monoisotopic (exact) mass is 295 g/mol. The Bertz CT molecular complexity index is 585. The van der Waals surface area contributed by atoms with Gasteiger partial charge in [0.1, 0.15) is 5.69 Å². The Morgan fingerprint density at radius 1 is 1.38 bits per heavy atom. The van der Waals surface area contributed by atoms with Gasteiger partial charge in [-0.25, -0.2) is 0 Å². The summed E-state index contributed by atoms with van der Waals surface area (Å²) in [6, 6.07) is 3.98. The molecule has 1 aromatic carbocycles. The van der Waals surface area contributed by atoms with Crippen LogP contribution >= 0.6 is 0 Å². The lowest BCUT2D eigenvalue weighted by molar-refractivity contribution is -0.384. The van der Waals surface area contributed by atoms with Crippen LogP contribution in [0.3, 0.4) is 0 Å². The van der Waals surface area contributed by atoms with Gasteiger partial charge in [0, 0.05) is 18.0 Å². The van der Waals surface area contributed by atoms with E-state index in [1.54, 1.807) is 13.8 Å². The fraction of sp³-hybridized carbons (Fsp3) is 0.333. The summed E-state index contributed by atoms with van der Waals surface area (Å²) < 4.78 is 0. The van der Waals surface area contributed by atoms with E-state index in [9.17, 15) is 19.7 Å². The van der Waals surface area contributed by atoms with Crippen LogP contribution in [0.15, 0.2) is 18.2 Å². The largest absolute Gasteiger partial charge is 0.370 e. The third kappa shape index (κ3) is 4.14. The van der Waals surface area contributed by atoms with Gasteiger partial charge >= 0.3 is 0 Å². The summed E-state index contributed by atoms with van der Waals surface area (Å²) >= 11 is 0. The lowest BCUT2D eigenvalue weighted by Crippen LogP contribution is -2.46. The number of nitrogen functional groups attached to an aromatic ring is 1. The topological polar surface area (TPSA) is 153 Å². The van der Waals surface area contributed by atoms with Crippen LogP contribution < -0.4 is 22.3 Å². The van der Waals surface area contributed by atoms with Crippen LogP contribution in [0.4, 0.5) is 11.4 Å². The van der Waals surface area contributed by atoms with Crippen molar-refractivity contribution in [1.82, 2.24) is 5.32 Å². The highest BCUT2D eigenvalue weighted by Gasteiger charge is 2.27. The van der Waals surface area contributed by atoms with Gasteiger partial charge in [-0.1, -0.05) is 6.07 Å². The summed E-state index contributed by atoms with van der Waals surface area (Å²) in [5.74, 6) is 4.09. The molecule has 0 heterocycles. The Balaban J connectivity index is 3.11. The zero-order valence-corrected chi connectivity index (χ0v) is 11.7. The zero-order valence-electron chi connectivity index (χ0n) is 11.7. The third-order valence-corrected chi connectivity index (χ3v) is 2.70. The Kier molecular flexibility index (Phi) is 4.82. The number of hydrogen-bond acceptors (Lipinski definition) is 6. The van der Waals surface area contributed by atoms with E-state index in [1.807, 2.05) is 0 Å². The molecule has 1 aromatic rings. The van der Waals surface area contributed by atoms with E-state index in [0.29, 0.717) is 0 Å². The van der Waals surface area contributed by atoms with E-state index in [4.69, 9.17) is 11.6 Å². The SMILES string of the molecule is CC(C)(CC(N)=O)NC(=O)c1cccc([N+](=O)[O-])c1NN. The number of carbonyl (C=O) groups excluding carboxylic acids is 2. The quantitative estimate of drug-likeness (QED) is 0.335. The number of hydrazine groups is 1. The minimum Gasteiger partial charge on any atom is -0.370 e. The first-order chi connectivity index (χ1) is 9.68.